The van der Waals surface area contributed by atoms with Crippen LogP contribution < -0.4 is 0 Å². The molecule has 0 aliphatic carbocycles. The zero-order chi connectivity index (χ0) is 14.0. The van der Waals surface area contributed by atoms with Crippen molar-refractivity contribution in [3.05, 3.63) is 35.4 Å². The number of nitrogens with zero attached hydrogens (tertiary/aromatic N) is 1. The first-order valence-corrected chi connectivity index (χ1v) is 5.98. The van der Waals surface area contributed by atoms with E-state index in [9.17, 15) is 23.1 Å². The van der Waals surface area contributed by atoms with Gasteiger partial charge in [0.25, 0.3) is 0 Å². The molecule has 2 rings (SSSR count). The van der Waals surface area contributed by atoms with Crippen LogP contribution in [0.25, 0.3) is 0 Å². The fourth-order valence-electron chi connectivity index (χ4n) is 2.11. The summed E-state index contributed by atoms with van der Waals surface area (Å²) in [6.45, 7) is 0.719. The van der Waals surface area contributed by atoms with Gasteiger partial charge in [-0.15, -0.1) is 0 Å². The summed E-state index contributed by atoms with van der Waals surface area (Å²) in [5, 5.41) is 9.32. The summed E-state index contributed by atoms with van der Waals surface area (Å²) in [6.07, 6.45) is -4.47. The highest BCUT2D eigenvalue weighted by atomic mass is 19.4. The lowest BCUT2D eigenvalue weighted by Crippen LogP contribution is -2.30. The van der Waals surface area contributed by atoms with Crippen LogP contribution in [-0.2, 0) is 17.4 Å². The highest BCUT2D eigenvalue weighted by molar-refractivity contribution is 5.79. The molecule has 1 N–H and O–H groups in total. The third kappa shape index (κ3) is 3.47. The molecule has 0 bridgehead atoms. The second-order valence-electron chi connectivity index (χ2n) is 4.66. The van der Waals surface area contributed by atoms with Gasteiger partial charge in [-0.1, -0.05) is 18.2 Å². The van der Waals surface area contributed by atoms with Gasteiger partial charge in [-0.2, -0.15) is 13.2 Å². The number of likely N-dealkylation sites (tertiary alicyclic amines) is 1. The summed E-state index contributed by atoms with van der Waals surface area (Å²) in [5.41, 5.74) is -0.416. The molecule has 0 unspecified atom stereocenters. The zero-order valence-electron chi connectivity index (χ0n) is 10.2. The molecular weight excluding hydrogens is 259 g/mol. The predicted molar refractivity (Wildman–Crippen MR) is 62.4 cm³/mol. The second kappa shape index (κ2) is 5.21. The molecule has 1 aliphatic heterocycles. The topological polar surface area (TPSA) is 40.5 Å². The molecule has 1 amide bonds. The van der Waals surface area contributed by atoms with E-state index in [0.29, 0.717) is 18.5 Å². The Balaban J connectivity index is 2.05. The summed E-state index contributed by atoms with van der Waals surface area (Å²) < 4.78 is 37.6. The first-order chi connectivity index (χ1) is 8.86. The van der Waals surface area contributed by atoms with E-state index in [1.807, 2.05) is 0 Å². The van der Waals surface area contributed by atoms with Crippen molar-refractivity contribution in [3.8, 4) is 0 Å². The van der Waals surface area contributed by atoms with Gasteiger partial charge in [-0.05, 0) is 18.1 Å². The summed E-state index contributed by atoms with van der Waals surface area (Å²) in [4.78, 5) is 13.3. The molecular formula is C13H14F3NO2. The smallest absolute Gasteiger partial charge is 0.391 e. The number of carbonyl (C=O) groups is 1. The molecule has 0 aromatic heterocycles. The van der Waals surface area contributed by atoms with Crippen LogP contribution in [-0.4, -0.2) is 35.1 Å². The number of carbonyl (C=O) groups excluding carboxylic acids is 1. The molecule has 1 fully saturated rings. The highest BCUT2D eigenvalue weighted by Crippen LogP contribution is 2.29. The van der Waals surface area contributed by atoms with E-state index in [0.717, 1.165) is 12.1 Å². The Morgan fingerprint density at radius 2 is 2.16 bits per heavy atom. The Morgan fingerprint density at radius 3 is 2.74 bits per heavy atom. The van der Waals surface area contributed by atoms with Crippen LogP contribution in [0.1, 0.15) is 17.5 Å². The fourth-order valence-corrected chi connectivity index (χ4v) is 2.11. The molecule has 1 heterocycles. The number of hydrogen-bond donors (Lipinski definition) is 1. The second-order valence-corrected chi connectivity index (χ2v) is 4.66. The summed E-state index contributed by atoms with van der Waals surface area (Å²) in [6, 6.07) is 4.77. The van der Waals surface area contributed by atoms with Gasteiger partial charge in [0, 0.05) is 13.1 Å². The van der Waals surface area contributed by atoms with Gasteiger partial charge < -0.3 is 10.0 Å². The predicted octanol–water partition coefficient (Wildman–Crippen LogP) is 1.84. The standard InChI is InChI=1S/C13H14F3NO2/c14-13(15,16)10-3-1-2-9(6-10)7-12(19)17-5-4-11(18)8-17/h1-3,6,11,18H,4-5,7-8H2/t11-/m0/s1. The van der Waals surface area contributed by atoms with Gasteiger partial charge in [0.1, 0.15) is 0 Å². The number of aliphatic hydroxyl groups is 1. The third-order valence-electron chi connectivity index (χ3n) is 3.13. The molecule has 1 aliphatic rings. The van der Waals surface area contributed by atoms with Crippen LogP contribution in [0.2, 0.25) is 0 Å². The van der Waals surface area contributed by atoms with Crippen molar-refractivity contribution >= 4 is 5.91 Å². The molecule has 0 saturated carbocycles. The van der Waals surface area contributed by atoms with Crippen LogP contribution in [0.5, 0.6) is 0 Å². The number of benzene rings is 1. The Bertz CT molecular complexity index is 473. The average Bonchev–Trinajstić information content (AvgIpc) is 2.75. The zero-order valence-corrected chi connectivity index (χ0v) is 10.2. The minimum absolute atomic E-state index is 0.0728. The van der Waals surface area contributed by atoms with Crippen molar-refractivity contribution < 1.29 is 23.1 Å². The van der Waals surface area contributed by atoms with Crippen molar-refractivity contribution in [2.45, 2.75) is 25.1 Å². The maximum Gasteiger partial charge on any atom is 0.416 e. The average molecular weight is 273 g/mol. The molecule has 0 radical (unpaired) electrons. The number of alkyl halides is 3. The van der Waals surface area contributed by atoms with Crippen molar-refractivity contribution in [2.24, 2.45) is 0 Å². The number of β-amino-alcohol motifs (C(OH)–C–C–N with tert-alkyl or cyclic N) is 1. The monoisotopic (exact) mass is 273 g/mol. The number of aliphatic hydroxyl groups excluding tert-OH is 1. The lowest BCUT2D eigenvalue weighted by molar-refractivity contribution is -0.138. The molecule has 1 atom stereocenters. The number of halogens is 3. The van der Waals surface area contributed by atoms with Crippen molar-refractivity contribution in [1.82, 2.24) is 4.90 Å². The first kappa shape index (κ1) is 13.9. The van der Waals surface area contributed by atoms with Gasteiger partial charge in [-0.25, -0.2) is 0 Å². The molecule has 1 aromatic rings. The lowest BCUT2D eigenvalue weighted by atomic mass is 10.1. The first-order valence-electron chi connectivity index (χ1n) is 5.98. The van der Waals surface area contributed by atoms with Gasteiger partial charge in [0.15, 0.2) is 0 Å². The Labute approximate surface area is 108 Å². The maximum atomic E-state index is 12.5. The Kier molecular flexibility index (Phi) is 3.80. The third-order valence-corrected chi connectivity index (χ3v) is 3.13. The largest absolute Gasteiger partial charge is 0.416 e. The van der Waals surface area contributed by atoms with Crippen LogP contribution in [0.4, 0.5) is 13.2 Å². The number of hydrogen-bond acceptors (Lipinski definition) is 2. The van der Waals surface area contributed by atoms with E-state index >= 15 is 0 Å². The van der Waals surface area contributed by atoms with Crippen LogP contribution in [0.15, 0.2) is 24.3 Å². The van der Waals surface area contributed by atoms with Gasteiger partial charge >= 0.3 is 6.18 Å². The van der Waals surface area contributed by atoms with Gasteiger partial charge in [0.05, 0.1) is 18.1 Å². The van der Waals surface area contributed by atoms with Crippen molar-refractivity contribution in [1.29, 1.82) is 0 Å². The number of rotatable bonds is 2. The van der Waals surface area contributed by atoms with Gasteiger partial charge in [0.2, 0.25) is 5.91 Å². The molecule has 1 aromatic carbocycles. The Morgan fingerprint density at radius 1 is 1.42 bits per heavy atom. The van der Waals surface area contributed by atoms with E-state index in [1.165, 1.54) is 17.0 Å². The number of amides is 1. The summed E-state index contributed by atoms with van der Waals surface area (Å²) in [5.74, 6) is -0.254. The SMILES string of the molecule is O=C(Cc1cccc(C(F)(F)F)c1)N1CC[C@H](O)C1. The minimum atomic E-state index is -4.40. The molecule has 0 spiro atoms. The van der Waals surface area contributed by atoms with Crippen LogP contribution in [0.3, 0.4) is 0 Å². The molecule has 3 nitrogen and oxygen atoms in total. The maximum absolute atomic E-state index is 12.5. The van der Waals surface area contributed by atoms with E-state index < -0.39 is 17.8 Å². The lowest BCUT2D eigenvalue weighted by Gasteiger charge is -2.16. The van der Waals surface area contributed by atoms with Gasteiger partial charge in [-0.3, -0.25) is 4.79 Å². The normalized spacial score (nSPS) is 19.8. The molecule has 6 heteroatoms. The van der Waals surface area contributed by atoms with E-state index in [1.54, 1.807) is 0 Å². The van der Waals surface area contributed by atoms with Crippen LogP contribution in [0, 0.1) is 0 Å². The Hall–Kier alpha value is -1.56. The molecule has 104 valence electrons. The molecule has 1 saturated heterocycles. The van der Waals surface area contributed by atoms with E-state index in [4.69, 9.17) is 0 Å². The minimum Gasteiger partial charge on any atom is -0.391 e. The van der Waals surface area contributed by atoms with Crippen LogP contribution >= 0.6 is 0 Å². The van der Waals surface area contributed by atoms with Crippen molar-refractivity contribution in [3.63, 3.8) is 0 Å². The molecule has 19 heavy (non-hydrogen) atoms. The quantitative estimate of drug-likeness (QED) is 0.893. The van der Waals surface area contributed by atoms with E-state index in [-0.39, 0.29) is 18.9 Å². The van der Waals surface area contributed by atoms with E-state index in [2.05, 4.69) is 0 Å². The highest BCUT2D eigenvalue weighted by Gasteiger charge is 2.31. The summed E-state index contributed by atoms with van der Waals surface area (Å²) >= 11 is 0. The fraction of sp³-hybridized carbons (Fsp3) is 0.462. The summed E-state index contributed by atoms with van der Waals surface area (Å²) in [7, 11) is 0. The van der Waals surface area contributed by atoms with Crippen molar-refractivity contribution in [2.75, 3.05) is 13.1 Å².